The quantitative estimate of drug-likeness (QED) is 0.802. The third-order valence-corrected chi connectivity index (χ3v) is 3.07. The molecular weight excluding hydrogens is 275 g/mol. The maximum Gasteiger partial charge on any atom is 0.422 e. The van der Waals surface area contributed by atoms with E-state index in [0.717, 1.165) is 0 Å². The Balaban J connectivity index is 2.35. The lowest BCUT2D eigenvalue weighted by Crippen LogP contribution is -2.31. The highest BCUT2D eigenvalue weighted by Crippen LogP contribution is 2.33. The molecule has 7 heteroatoms. The van der Waals surface area contributed by atoms with Gasteiger partial charge in [-0.2, -0.15) is 13.2 Å². The monoisotopic (exact) mass is 287 g/mol. The van der Waals surface area contributed by atoms with Crippen molar-refractivity contribution in [3.63, 3.8) is 0 Å². The number of nitrogens with zero attached hydrogens (tertiary/aromatic N) is 1. The summed E-state index contributed by atoms with van der Waals surface area (Å²) in [5.74, 6) is -0.211. The highest BCUT2D eigenvalue weighted by atomic mass is 19.4. The molecule has 0 N–H and O–H groups in total. The summed E-state index contributed by atoms with van der Waals surface area (Å²) in [5.41, 5.74) is 1.21. The van der Waals surface area contributed by atoms with Gasteiger partial charge >= 0.3 is 6.18 Å². The first-order valence-corrected chi connectivity index (χ1v) is 5.90. The van der Waals surface area contributed by atoms with Crippen molar-refractivity contribution in [2.75, 3.05) is 18.6 Å². The van der Waals surface area contributed by atoms with E-state index in [1.54, 1.807) is 7.05 Å². The largest absolute Gasteiger partial charge is 0.483 e. The van der Waals surface area contributed by atoms with Crippen molar-refractivity contribution in [3.05, 3.63) is 23.3 Å². The topological polar surface area (TPSA) is 46.6 Å². The Hall–Kier alpha value is -2.05. The van der Waals surface area contributed by atoms with Gasteiger partial charge in [-0.1, -0.05) is 0 Å². The van der Waals surface area contributed by atoms with Gasteiger partial charge in [0.15, 0.2) is 12.9 Å². The molecule has 1 aliphatic heterocycles. The first-order valence-electron chi connectivity index (χ1n) is 5.90. The predicted octanol–water partition coefficient (Wildman–Crippen LogP) is 2.35. The third-order valence-electron chi connectivity index (χ3n) is 3.07. The zero-order valence-electron chi connectivity index (χ0n) is 10.7. The van der Waals surface area contributed by atoms with Crippen LogP contribution in [0.5, 0.6) is 5.75 Å². The molecule has 1 aliphatic rings. The zero-order chi connectivity index (χ0) is 14.9. The normalized spacial score (nSPS) is 15.0. The molecule has 1 aromatic carbocycles. The van der Waals surface area contributed by atoms with Crippen LogP contribution in [0.25, 0.3) is 0 Å². The second-order valence-corrected chi connectivity index (χ2v) is 4.49. The molecule has 0 aromatic heterocycles. The van der Waals surface area contributed by atoms with Crippen molar-refractivity contribution in [1.82, 2.24) is 0 Å². The highest BCUT2D eigenvalue weighted by Gasteiger charge is 2.29. The lowest BCUT2D eigenvalue weighted by atomic mass is 9.99. The summed E-state index contributed by atoms with van der Waals surface area (Å²) in [7, 11) is 1.56. The van der Waals surface area contributed by atoms with Crippen LogP contribution in [-0.2, 0) is 11.2 Å². The molecule has 0 saturated heterocycles. The van der Waals surface area contributed by atoms with E-state index in [0.29, 0.717) is 24.0 Å². The Bertz CT molecular complexity index is 555. The Morgan fingerprint density at radius 1 is 1.35 bits per heavy atom. The molecule has 1 amide bonds. The number of amides is 1. The summed E-state index contributed by atoms with van der Waals surface area (Å²) < 4.78 is 41.2. The van der Waals surface area contributed by atoms with Crippen molar-refractivity contribution in [1.29, 1.82) is 0 Å². The molecule has 0 spiro atoms. The van der Waals surface area contributed by atoms with Crippen LogP contribution >= 0.6 is 0 Å². The lowest BCUT2D eigenvalue weighted by molar-refractivity contribution is -0.153. The van der Waals surface area contributed by atoms with Crippen LogP contribution in [0.4, 0.5) is 18.9 Å². The molecular formula is C13H12F3NO3. The number of fused-ring (bicyclic) bond motifs is 1. The van der Waals surface area contributed by atoms with E-state index in [2.05, 4.69) is 4.74 Å². The standard InChI is InChI=1S/C13H12F3NO3/c1-17-10-4-9(6-18)11(20-7-13(14,15)16)5-8(10)2-3-12(17)19/h4-6H,2-3,7H2,1H3. The van der Waals surface area contributed by atoms with Gasteiger partial charge in [0.1, 0.15) is 5.75 Å². The Kier molecular flexibility index (Phi) is 3.69. The molecule has 0 atom stereocenters. The van der Waals surface area contributed by atoms with Crippen molar-refractivity contribution in [2.45, 2.75) is 19.0 Å². The van der Waals surface area contributed by atoms with Crippen LogP contribution in [0.2, 0.25) is 0 Å². The molecule has 0 radical (unpaired) electrons. The number of alkyl halides is 3. The van der Waals surface area contributed by atoms with E-state index in [1.807, 2.05) is 0 Å². The number of aryl methyl sites for hydroxylation is 1. The SMILES string of the molecule is CN1C(=O)CCc2cc(OCC(F)(F)F)c(C=O)cc21. The second-order valence-electron chi connectivity index (χ2n) is 4.49. The number of ether oxygens (including phenoxy) is 1. The third kappa shape index (κ3) is 2.92. The molecule has 1 heterocycles. The molecule has 0 saturated carbocycles. The maximum absolute atomic E-state index is 12.2. The number of hydrogen-bond donors (Lipinski definition) is 0. The number of rotatable bonds is 3. The van der Waals surface area contributed by atoms with E-state index in [-0.39, 0.29) is 23.6 Å². The fourth-order valence-corrected chi connectivity index (χ4v) is 2.06. The number of hydrogen-bond acceptors (Lipinski definition) is 3. The number of halogens is 3. The van der Waals surface area contributed by atoms with Gasteiger partial charge in [0.25, 0.3) is 0 Å². The van der Waals surface area contributed by atoms with Gasteiger partial charge in [-0.15, -0.1) is 0 Å². The fraction of sp³-hybridized carbons (Fsp3) is 0.385. The van der Waals surface area contributed by atoms with Crippen molar-refractivity contribution < 1.29 is 27.5 Å². The van der Waals surface area contributed by atoms with Crippen molar-refractivity contribution in [3.8, 4) is 5.75 Å². The van der Waals surface area contributed by atoms with E-state index in [1.165, 1.54) is 17.0 Å². The van der Waals surface area contributed by atoms with Gasteiger partial charge in [0, 0.05) is 19.2 Å². The van der Waals surface area contributed by atoms with E-state index >= 15 is 0 Å². The van der Waals surface area contributed by atoms with E-state index < -0.39 is 12.8 Å². The molecule has 1 aromatic rings. The van der Waals surface area contributed by atoms with Crippen LogP contribution in [0.1, 0.15) is 22.3 Å². The van der Waals surface area contributed by atoms with Gasteiger partial charge in [0.05, 0.1) is 5.56 Å². The van der Waals surface area contributed by atoms with Gasteiger partial charge in [-0.25, -0.2) is 0 Å². The highest BCUT2D eigenvalue weighted by molar-refractivity contribution is 5.97. The average Bonchev–Trinajstić information content (AvgIpc) is 2.39. The number of carbonyl (C=O) groups is 2. The number of benzene rings is 1. The molecule has 20 heavy (non-hydrogen) atoms. The second kappa shape index (κ2) is 5.15. The first kappa shape index (κ1) is 14.4. The zero-order valence-corrected chi connectivity index (χ0v) is 10.7. The van der Waals surface area contributed by atoms with E-state index in [9.17, 15) is 22.8 Å². The molecule has 0 bridgehead atoms. The Morgan fingerprint density at radius 3 is 2.65 bits per heavy atom. The number of anilines is 1. The van der Waals surface area contributed by atoms with Crippen LogP contribution < -0.4 is 9.64 Å². The summed E-state index contributed by atoms with van der Waals surface area (Å²) >= 11 is 0. The number of carbonyl (C=O) groups excluding carboxylic acids is 2. The van der Waals surface area contributed by atoms with Gasteiger partial charge < -0.3 is 9.64 Å². The summed E-state index contributed by atoms with van der Waals surface area (Å²) in [6.45, 7) is -1.46. The van der Waals surface area contributed by atoms with E-state index in [4.69, 9.17) is 0 Å². The average molecular weight is 287 g/mol. The predicted molar refractivity (Wildman–Crippen MR) is 65.1 cm³/mol. The fourth-order valence-electron chi connectivity index (χ4n) is 2.06. The molecule has 0 unspecified atom stereocenters. The minimum Gasteiger partial charge on any atom is -0.483 e. The van der Waals surface area contributed by atoms with Crippen LogP contribution in [0.15, 0.2) is 12.1 Å². The molecule has 0 fully saturated rings. The minimum absolute atomic E-state index is 0.00505. The molecule has 108 valence electrons. The lowest BCUT2D eigenvalue weighted by Gasteiger charge is -2.26. The maximum atomic E-state index is 12.2. The Labute approximate surface area is 113 Å². The molecule has 4 nitrogen and oxygen atoms in total. The summed E-state index contributed by atoms with van der Waals surface area (Å²) in [5, 5.41) is 0. The van der Waals surface area contributed by atoms with Crippen LogP contribution in [0.3, 0.4) is 0 Å². The summed E-state index contributed by atoms with van der Waals surface area (Å²) in [6.07, 6.45) is -3.36. The van der Waals surface area contributed by atoms with Gasteiger partial charge in [0.2, 0.25) is 5.91 Å². The minimum atomic E-state index is -4.47. The Morgan fingerprint density at radius 2 is 2.05 bits per heavy atom. The van der Waals surface area contributed by atoms with Crippen LogP contribution in [-0.4, -0.2) is 32.0 Å². The molecule has 0 aliphatic carbocycles. The summed E-state index contributed by atoms with van der Waals surface area (Å²) in [6, 6.07) is 2.78. The van der Waals surface area contributed by atoms with Gasteiger partial charge in [-0.3, -0.25) is 9.59 Å². The van der Waals surface area contributed by atoms with Crippen LogP contribution in [0, 0.1) is 0 Å². The van der Waals surface area contributed by atoms with Gasteiger partial charge in [-0.05, 0) is 24.1 Å². The number of aldehydes is 1. The smallest absolute Gasteiger partial charge is 0.422 e. The van der Waals surface area contributed by atoms with Crippen molar-refractivity contribution in [2.24, 2.45) is 0 Å². The summed E-state index contributed by atoms with van der Waals surface area (Å²) in [4.78, 5) is 23.9. The first-order chi connectivity index (χ1) is 9.31. The molecule has 2 rings (SSSR count). The van der Waals surface area contributed by atoms with Crippen molar-refractivity contribution >= 4 is 17.9 Å².